The lowest BCUT2D eigenvalue weighted by Crippen LogP contribution is -2.50. The standard InChI is InChI=1S/C22H28BrN3O2/c1-16(2)20(25-21(27)18-12-7-8-13-19(18)23)22(28)24-14-9-15-26(3)17-10-5-4-6-11-17/h4-8,10-13,16,20H,9,14-15H2,1-3H3,(H,24,28)(H,25,27). The Labute approximate surface area is 175 Å². The Balaban J connectivity index is 1.84. The average Bonchev–Trinajstić information content (AvgIpc) is 2.69. The number of halogens is 1. The molecule has 2 amide bonds. The monoisotopic (exact) mass is 445 g/mol. The van der Waals surface area contributed by atoms with Gasteiger partial charge < -0.3 is 15.5 Å². The van der Waals surface area contributed by atoms with Gasteiger partial charge in [0.15, 0.2) is 0 Å². The summed E-state index contributed by atoms with van der Waals surface area (Å²) in [4.78, 5) is 27.3. The van der Waals surface area contributed by atoms with Crippen molar-refractivity contribution in [2.45, 2.75) is 26.3 Å². The summed E-state index contributed by atoms with van der Waals surface area (Å²) in [5, 5.41) is 5.81. The van der Waals surface area contributed by atoms with Gasteiger partial charge in [-0.1, -0.05) is 44.2 Å². The molecule has 150 valence electrons. The predicted molar refractivity (Wildman–Crippen MR) is 118 cm³/mol. The lowest BCUT2D eigenvalue weighted by molar-refractivity contribution is -0.123. The van der Waals surface area contributed by atoms with Gasteiger partial charge in [0.2, 0.25) is 5.91 Å². The topological polar surface area (TPSA) is 61.4 Å². The molecule has 0 aliphatic carbocycles. The first-order valence-electron chi connectivity index (χ1n) is 9.49. The first-order valence-corrected chi connectivity index (χ1v) is 10.3. The van der Waals surface area contributed by atoms with E-state index >= 15 is 0 Å². The molecule has 0 aliphatic heterocycles. The van der Waals surface area contributed by atoms with Crippen LogP contribution < -0.4 is 15.5 Å². The van der Waals surface area contributed by atoms with E-state index < -0.39 is 6.04 Å². The summed E-state index contributed by atoms with van der Waals surface area (Å²) < 4.78 is 0.708. The van der Waals surface area contributed by atoms with Crippen LogP contribution in [0.25, 0.3) is 0 Å². The summed E-state index contributed by atoms with van der Waals surface area (Å²) in [6.45, 7) is 5.24. The van der Waals surface area contributed by atoms with Crippen LogP contribution in [0.4, 0.5) is 5.69 Å². The molecule has 0 saturated carbocycles. The molecule has 2 N–H and O–H groups in total. The second-order valence-corrected chi connectivity index (χ2v) is 7.93. The summed E-state index contributed by atoms with van der Waals surface area (Å²) >= 11 is 3.38. The van der Waals surface area contributed by atoms with Gasteiger partial charge in [0.1, 0.15) is 6.04 Å². The highest BCUT2D eigenvalue weighted by Crippen LogP contribution is 2.16. The first-order chi connectivity index (χ1) is 13.4. The highest BCUT2D eigenvalue weighted by Gasteiger charge is 2.25. The van der Waals surface area contributed by atoms with E-state index in [1.165, 1.54) is 0 Å². The van der Waals surface area contributed by atoms with E-state index in [1.807, 2.05) is 51.2 Å². The highest BCUT2D eigenvalue weighted by atomic mass is 79.9. The molecule has 0 fully saturated rings. The molecule has 28 heavy (non-hydrogen) atoms. The molecule has 1 atom stereocenters. The smallest absolute Gasteiger partial charge is 0.253 e. The third-order valence-electron chi connectivity index (χ3n) is 4.52. The normalized spacial score (nSPS) is 11.8. The molecule has 6 heteroatoms. The third kappa shape index (κ3) is 6.37. The summed E-state index contributed by atoms with van der Waals surface area (Å²) in [7, 11) is 2.03. The van der Waals surface area contributed by atoms with Gasteiger partial charge >= 0.3 is 0 Å². The Hall–Kier alpha value is -2.34. The minimum Gasteiger partial charge on any atom is -0.375 e. The summed E-state index contributed by atoms with van der Waals surface area (Å²) in [6.07, 6.45) is 0.820. The number of rotatable bonds is 9. The lowest BCUT2D eigenvalue weighted by atomic mass is 10.0. The first kappa shape index (κ1) is 22.0. The van der Waals surface area contributed by atoms with Gasteiger partial charge in [0.05, 0.1) is 5.56 Å². The van der Waals surface area contributed by atoms with Crippen molar-refractivity contribution in [2.24, 2.45) is 5.92 Å². The minimum atomic E-state index is -0.577. The summed E-state index contributed by atoms with van der Waals surface area (Å²) in [5.74, 6) is -0.429. The third-order valence-corrected chi connectivity index (χ3v) is 5.21. The van der Waals surface area contributed by atoms with Gasteiger partial charge in [-0.05, 0) is 52.5 Å². The van der Waals surface area contributed by atoms with Crippen LogP contribution in [0, 0.1) is 5.92 Å². The summed E-state index contributed by atoms with van der Waals surface area (Å²) in [5.41, 5.74) is 1.67. The van der Waals surface area contributed by atoms with Crippen molar-refractivity contribution in [1.29, 1.82) is 0 Å². The van der Waals surface area contributed by atoms with Crippen molar-refractivity contribution in [2.75, 3.05) is 25.0 Å². The van der Waals surface area contributed by atoms with Gasteiger partial charge in [-0.3, -0.25) is 9.59 Å². The fraction of sp³-hybridized carbons (Fsp3) is 0.364. The van der Waals surface area contributed by atoms with Gasteiger partial charge in [0.25, 0.3) is 5.91 Å². The Morgan fingerprint density at radius 1 is 1.04 bits per heavy atom. The van der Waals surface area contributed by atoms with E-state index in [1.54, 1.807) is 12.1 Å². The van der Waals surface area contributed by atoms with Crippen LogP contribution in [0.15, 0.2) is 59.1 Å². The van der Waals surface area contributed by atoms with Crippen LogP contribution in [0.5, 0.6) is 0 Å². The van der Waals surface area contributed by atoms with Crippen molar-refractivity contribution in [3.8, 4) is 0 Å². The zero-order chi connectivity index (χ0) is 20.5. The molecule has 2 rings (SSSR count). The molecule has 2 aromatic carbocycles. The van der Waals surface area contributed by atoms with Crippen LogP contribution in [-0.2, 0) is 4.79 Å². The maximum atomic E-state index is 12.6. The van der Waals surface area contributed by atoms with Crippen molar-refractivity contribution >= 4 is 33.4 Å². The zero-order valence-electron chi connectivity index (χ0n) is 16.6. The number of hydrogen-bond acceptors (Lipinski definition) is 3. The SMILES string of the molecule is CC(C)C(NC(=O)c1ccccc1Br)C(=O)NCCCN(C)c1ccccc1. The lowest BCUT2D eigenvalue weighted by Gasteiger charge is -2.23. The van der Waals surface area contributed by atoms with Crippen molar-refractivity contribution < 1.29 is 9.59 Å². The zero-order valence-corrected chi connectivity index (χ0v) is 18.2. The van der Waals surface area contributed by atoms with Crippen LogP contribution >= 0.6 is 15.9 Å². The fourth-order valence-corrected chi connectivity index (χ4v) is 3.31. The number of amides is 2. The van der Waals surface area contributed by atoms with Gasteiger partial charge in [0, 0.05) is 30.3 Å². The van der Waals surface area contributed by atoms with Crippen LogP contribution in [0.2, 0.25) is 0 Å². The molecule has 1 unspecified atom stereocenters. The van der Waals surface area contributed by atoms with Crippen molar-refractivity contribution in [3.63, 3.8) is 0 Å². The molecule has 0 aromatic heterocycles. The van der Waals surface area contributed by atoms with Gasteiger partial charge in [-0.2, -0.15) is 0 Å². The number of para-hydroxylation sites is 1. The molecular formula is C22H28BrN3O2. The van der Waals surface area contributed by atoms with E-state index in [2.05, 4.69) is 43.6 Å². The van der Waals surface area contributed by atoms with Crippen LogP contribution in [0.1, 0.15) is 30.6 Å². The van der Waals surface area contributed by atoms with E-state index in [4.69, 9.17) is 0 Å². The number of anilines is 1. The molecule has 0 heterocycles. The Morgan fingerprint density at radius 2 is 1.68 bits per heavy atom. The maximum Gasteiger partial charge on any atom is 0.253 e. The van der Waals surface area contributed by atoms with Crippen LogP contribution in [0.3, 0.4) is 0 Å². The summed E-state index contributed by atoms with van der Waals surface area (Å²) in [6, 6.07) is 16.7. The predicted octanol–water partition coefficient (Wildman–Crippen LogP) is 3.85. The van der Waals surface area contributed by atoms with E-state index in [0.29, 0.717) is 16.6 Å². The fourth-order valence-electron chi connectivity index (χ4n) is 2.85. The number of benzene rings is 2. The van der Waals surface area contributed by atoms with Gasteiger partial charge in [-0.25, -0.2) is 0 Å². The van der Waals surface area contributed by atoms with Crippen molar-refractivity contribution in [1.82, 2.24) is 10.6 Å². The highest BCUT2D eigenvalue weighted by molar-refractivity contribution is 9.10. The molecule has 5 nitrogen and oxygen atoms in total. The van der Waals surface area contributed by atoms with E-state index in [0.717, 1.165) is 18.7 Å². The second kappa shape index (κ2) is 10.9. The van der Waals surface area contributed by atoms with Crippen molar-refractivity contribution in [3.05, 3.63) is 64.6 Å². The Morgan fingerprint density at radius 3 is 2.32 bits per heavy atom. The Bertz CT molecular complexity index is 780. The quantitative estimate of drug-likeness (QED) is 0.576. The number of carbonyl (C=O) groups is 2. The van der Waals surface area contributed by atoms with E-state index in [-0.39, 0.29) is 17.7 Å². The average molecular weight is 446 g/mol. The molecule has 0 radical (unpaired) electrons. The molecule has 0 bridgehead atoms. The number of carbonyl (C=O) groups excluding carboxylic acids is 2. The molecular weight excluding hydrogens is 418 g/mol. The number of nitrogens with zero attached hydrogens (tertiary/aromatic N) is 1. The van der Waals surface area contributed by atoms with Crippen LogP contribution in [-0.4, -0.2) is 38.0 Å². The molecule has 0 saturated heterocycles. The van der Waals surface area contributed by atoms with E-state index in [9.17, 15) is 9.59 Å². The Kier molecular flexibility index (Phi) is 8.51. The molecule has 0 aliphatic rings. The second-order valence-electron chi connectivity index (χ2n) is 7.08. The number of hydrogen-bond donors (Lipinski definition) is 2. The van der Waals surface area contributed by atoms with Gasteiger partial charge in [-0.15, -0.1) is 0 Å². The molecule has 2 aromatic rings. The number of nitrogens with one attached hydrogen (secondary N) is 2. The minimum absolute atomic E-state index is 0.0153. The largest absolute Gasteiger partial charge is 0.375 e. The maximum absolute atomic E-state index is 12.6. The molecule has 0 spiro atoms.